The molecule has 1 aliphatic rings. The summed E-state index contributed by atoms with van der Waals surface area (Å²) in [5.74, 6) is 1.27. The van der Waals surface area contributed by atoms with Crippen LogP contribution in [-0.4, -0.2) is 14.7 Å². The van der Waals surface area contributed by atoms with E-state index in [1.807, 2.05) is 6.07 Å². The van der Waals surface area contributed by atoms with Gasteiger partial charge in [0.1, 0.15) is 0 Å². The van der Waals surface area contributed by atoms with Gasteiger partial charge in [-0.2, -0.15) is 0 Å². The van der Waals surface area contributed by atoms with Crippen LogP contribution in [0.1, 0.15) is 44.2 Å². The predicted octanol–water partition coefficient (Wildman–Crippen LogP) is 2.92. The first-order chi connectivity index (χ1) is 8.88. The second-order valence-corrected chi connectivity index (χ2v) is 7.91. The Hall–Kier alpha value is -0.870. The molecule has 0 radical (unpaired) electrons. The minimum atomic E-state index is -3.15. The Bertz CT molecular complexity index is 531. The van der Waals surface area contributed by atoms with E-state index in [-0.39, 0.29) is 6.04 Å². The molecular formula is C15H23NO2S. The molecule has 2 rings (SSSR count). The van der Waals surface area contributed by atoms with Crippen molar-refractivity contribution in [2.45, 2.75) is 43.5 Å². The number of hydrogen-bond donors (Lipinski definition) is 1. The summed E-state index contributed by atoms with van der Waals surface area (Å²) in [5, 5.41) is 0. The maximum atomic E-state index is 11.6. The van der Waals surface area contributed by atoms with Gasteiger partial charge in [-0.1, -0.05) is 31.9 Å². The van der Waals surface area contributed by atoms with E-state index in [1.54, 1.807) is 18.2 Å². The highest BCUT2D eigenvalue weighted by molar-refractivity contribution is 7.90. The van der Waals surface area contributed by atoms with E-state index < -0.39 is 9.84 Å². The van der Waals surface area contributed by atoms with Crippen molar-refractivity contribution >= 4 is 9.84 Å². The molecular weight excluding hydrogens is 258 g/mol. The molecule has 1 aliphatic carbocycles. The maximum Gasteiger partial charge on any atom is 0.175 e. The molecule has 0 spiro atoms. The largest absolute Gasteiger partial charge is 0.324 e. The fourth-order valence-electron chi connectivity index (χ4n) is 2.87. The van der Waals surface area contributed by atoms with E-state index >= 15 is 0 Å². The fourth-order valence-corrected chi connectivity index (χ4v) is 3.55. The zero-order valence-electron chi connectivity index (χ0n) is 11.7. The zero-order valence-corrected chi connectivity index (χ0v) is 12.5. The Balaban J connectivity index is 2.17. The van der Waals surface area contributed by atoms with Gasteiger partial charge < -0.3 is 5.73 Å². The van der Waals surface area contributed by atoms with Crippen molar-refractivity contribution in [3.63, 3.8) is 0 Å². The molecule has 1 aromatic rings. The van der Waals surface area contributed by atoms with Crippen LogP contribution in [0.5, 0.6) is 0 Å². The molecule has 0 aromatic heterocycles. The molecule has 0 amide bonds. The van der Waals surface area contributed by atoms with Crippen molar-refractivity contribution < 1.29 is 8.42 Å². The zero-order chi connectivity index (χ0) is 14.0. The van der Waals surface area contributed by atoms with Gasteiger partial charge in [-0.15, -0.1) is 0 Å². The first-order valence-corrected chi connectivity index (χ1v) is 8.82. The molecule has 0 heterocycles. The normalized spacial score (nSPS) is 26.1. The Morgan fingerprint density at radius 1 is 1.21 bits per heavy atom. The molecule has 0 bridgehead atoms. The maximum absolute atomic E-state index is 11.6. The first kappa shape index (κ1) is 14.5. The summed E-state index contributed by atoms with van der Waals surface area (Å²) in [7, 11) is -3.15. The molecule has 106 valence electrons. The van der Waals surface area contributed by atoms with Crippen LogP contribution in [0.25, 0.3) is 0 Å². The molecule has 0 aliphatic heterocycles. The minimum Gasteiger partial charge on any atom is -0.324 e. The number of sulfone groups is 1. The summed E-state index contributed by atoms with van der Waals surface area (Å²) in [4.78, 5) is 0.365. The Labute approximate surface area is 116 Å². The van der Waals surface area contributed by atoms with Gasteiger partial charge in [0.05, 0.1) is 4.90 Å². The van der Waals surface area contributed by atoms with Crippen LogP contribution in [-0.2, 0) is 9.84 Å². The van der Waals surface area contributed by atoms with Crippen molar-refractivity contribution in [3.05, 3.63) is 29.8 Å². The molecule has 1 aromatic carbocycles. The quantitative estimate of drug-likeness (QED) is 0.926. The minimum absolute atomic E-state index is 0.0470. The highest BCUT2D eigenvalue weighted by atomic mass is 32.2. The molecule has 1 fully saturated rings. The van der Waals surface area contributed by atoms with Gasteiger partial charge in [0.2, 0.25) is 0 Å². The highest BCUT2D eigenvalue weighted by Gasteiger charge is 2.25. The van der Waals surface area contributed by atoms with Crippen LogP contribution in [0.2, 0.25) is 0 Å². The molecule has 2 N–H and O–H groups in total. The van der Waals surface area contributed by atoms with Gasteiger partial charge in [-0.05, 0) is 42.4 Å². The topological polar surface area (TPSA) is 60.2 Å². The van der Waals surface area contributed by atoms with E-state index in [0.29, 0.717) is 10.8 Å². The average molecular weight is 281 g/mol. The monoisotopic (exact) mass is 281 g/mol. The number of rotatable bonds is 3. The van der Waals surface area contributed by atoms with E-state index in [0.717, 1.165) is 24.3 Å². The molecule has 3 nitrogen and oxygen atoms in total. The number of benzene rings is 1. The molecule has 1 saturated carbocycles. The van der Waals surface area contributed by atoms with E-state index in [1.165, 1.54) is 19.1 Å². The third-order valence-electron chi connectivity index (χ3n) is 4.24. The molecule has 1 unspecified atom stereocenters. The second kappa shape index (κ2) is 5.63. The van der Waals surface area contributed by atoms with Gasteiger partial charge in [-0.25, -0.2) is 8.42 Å². The first-order valence-electron chi connectivity index (χ1n) is 6.93. The van der Waals surface area contributed by atoms with E-state index in [9.17, 15) is 8.42 Å². The number of hydrogen-bond acceptors (Lipinski definition) is 3. The van der Waals surface area contributed by atoms with E-state index in [2.05, 4.69) is 6.92 Å². The summed E-state index contributed by atoms with van der Waals surface area (Å²) in [5.41, 5.74) is 7.28. The van der Waals surface area contributed by atoms with Crippen LogP contribution in [0.4, 0.5) is 0 Å². The molecule has 1 atom stereocenters. The van der Waals surface area contributed by atoms with Gasteiger partial charge in [0, 0.05) is 12.3 Å². The summed E-state index contributed by atoms with van der Waals surface area (Å²) in [6.45, 7) is 2.28. The van der Waals surface area contributed by atoms with Gasteiger partial charge >= 0.3 is 0 Å². The van der Waals surface area contributed by atoms with E-state index in [4.69, 9.17) is 5.73 Å². The Kier molecular flexibility index (Phi) is 4.31. The summed E-state index contributed by atoms with van der Waals surface area (Å²) in [6, 6.07) is 7.05. The fraction of sp³-hybridized carbons (Fsp3) is 0.600. The van der Waals surface area contributed by atoms with Crippen LogP contribution >= 0.6 is 0 Å². The lowest BCUT2D eigenvalue weighted by molar-refractivity contribution is 0.256. The lowest BCUT2D eigenvalue weighted by atomic mass is 9.78. The lowest BCUT2D eigenvalue weighted by Crippen LogP contribution is -2.25. The molecule has 4 heteroatoms. The second-order valence-electron chi connectivity index (χ2n) is 5.89. The smallest absolute Gasteiger partial charge is 0.175 e. The van der Waals surface area contributed by atoms with Gasteiger partial charge in [-0.3, -0.25) is 0 Å². The van der Waals surface area contributed by atoms with Crippen molar-refractivity contribution in [1.82, 2.24) is 0 Å². The average Bonchev–Trinajstić information content (AvgIpc) is 2.38. The SMILES string of the molecule is CC1CCC(C(N)c2cccc(S(C)(=O)=O)c2)CC1. The molecule has 0 saturated heterocycles. The van der Waals surface area contributed by atoms with Crippen molar-refractivity contribution in [2.24, 2.45) is 17.6 Å². The van der Waals surface area contributed by atoms with Crippen LogP contribution in [0, 0.1) is 11.8 Å². The standard InChI is InChI=1S/C15H23NO2S/c1-11-6-8-12(9-7-11)15(16)13-4-3-5-14(10-13)19(2,17)18/h3-5,10-12,15H,6-9,16H2,1-2H3. The van der Waals surface area contributed by atoms with Crippen molar-refractivity contribution in [3.8, 4) is 0 Å². The highest BCUT2D eigenvalue weighted by Crippen LogP contribution is 2.35. The molecule has 19 heavy (non-hydrogen) atoms. The predicted molar refractivity (Wildman–Crippen MR) is 77.6 cm³/mol. The van der Waals surface area contributed by atoms with Crippen molar-refractivity contribution in [1.29, 1.82) is 0 Å². The summed E-state index contributed by atoms with van der Waals surface area (Å²) < 4.78 is 23.2. The lowest BCUT2D eigenvalue weighted by Gasteiger charge is -2.31. The van der Waals surface area contributed by atoms with Crippen LogP contribution in [0.3, 0.4) is 0 Å². The number of nitrogens with two attached hydrogens (primary N) is 1. The third kappa shape index (κ3) is 3.57. The Morgan fingerprint density at radius 3 is 2.42 bits per heavy atom. The summed E-state index contributed by atoms with van der Waals surface area (Å²) in [6.07, 6.45) is 5.98. The van der Waals surface area contributed by atoms with Crippen LogP contribution < -0.4 is 5.73 Å². The summed E-state index contributed by atoms with van der Waals surface area (Å²) >= 11 is 0. The van der Waals surface area contributed by atoms with Crippen molar-refractivity contribution in [2.75, 3.05) is 6.26 Å². The van der Waals surface area contributed by atoms with Gasteiger partial charge in [0.25, 0.3) is 0 Å². The van der Waals surface area contributed by atoms with Gasteiger partial charge in [0.15, 0.2) is 9.84 Å². The van der Waals surface area contributed by atoms with Crippen LogP contribution in [0.15, 0.2) is 29.2 Å². The third-order valence-corrected chi connectivity index (χ3v) is 5.35. The Morgan fingerprint density at radius 2 is 1.84 bits per heavy atom.